The zero-order chi connectivity index (χ0) is 15.8. The molecular formula is C17H26N2O3. The molecule has 1 amide bonds. The molecule has 5 nitrogen and oxygen atoms in total. The highest BCUT2D eigenvalue weighted by Crippen LogP contribution is 2.10. The molecular weight excluding hydrogens is 280 g/mol. The molecule has 1 N–H and O–H groups in total. The molecule has 1 aliphatic heterocycles. The quantitative estimate of drug-likeness (QED) is 0.800. The molecule has 5 heteroatoms. The van der Waals surface area contributed by atoms with Crippen molar-refractivity contribution in [2.24, 2.45) is 0 Å². The Bertz CT molecular complexity index is 452. The predicted molar refractivity (Wildman–Crippen MR) is 85.4 cm³/mol. The summed E-state index contributed by atoms with van der Waals surface area (Å²) in [5, 5.41) is 10.2. The van der Waals surface area contributed by atoms with Gasteiger partial charge in [-0.1, -0.05) is 30.3 Å². The maximum atomic E-state index is 12.2. The van der Waals surface area contributed by atoms with E-state index in [2.05, 4.69) is 17.0 Å². The SMILES string of the molecule is CCOCCC(=O)N1CCN(Cc2ccccc2)C[C@H](O)C1. The van der Waals surface area contributed by atoms with E-state index in [0.717, 1.165) is 13.1 Å². The van der Waals surface area contributed by atoms with Gasteiger partial charge in [0.2, 0.25) is 5.91 Å². The number of aliphatic hydroxyl groups is 1. The van der Waals surface area contributed by atoms with Crippen molar-refractivity contribution in [1.82, 2.24) is 9.80 Å². The standard InChI is InChI=1S/C17H26N2O3/c1-2-22-11-8-17(21)19-10-9-18(13-16(20)14-19)12-15-6-4-3-5-7-15/h3-7,16,20H,2,8-14H2,1H3/t16-/m0/s1. The number of rotatable bonds is 6. The fourth-order valence-corrected chi connectivity index (χ4v) is 2.73. The van der Waals surface area contributed by atoms with Crippen molar-refractivity contribution in [2.45, 2.75) is 26.0 Å². The van der Waals surface area contributed by atoms with E-state index in [1.54, 1.807) is 4.90 Å². The van der Waals surface area contributed by atoms with Crippen LogP contribution in [0.2, 0.25) is 0 Å². The van der Waals surface area contributed by atoms with Crippen LogP contribution < -0.4 is 0 Å². The molecule has 0 radical (unpaired) electrons. The van der Waals surface area contributed by atoms with E-state index in [0.29, 0.717) is 39.3 Å². The normalized spacial score (nSPS) is 19.9. The Hall–Kier alpha value is -1.43. The Morgan fingerprint density at radius 2 is 2.05 bits per heavy atom. The van der Waals surface area contributed by atoms with Crippen LogP contribution in [0, 0.1) is 0 Å². The largest absolute Gasteiger partial charge is 0.390 e. The molecule has 122 valence electrons. The second kappa shape index (κ2) is 8.88. The van der Waals surface area contributed by atoms with E-state index < -0.39 is 6.10 Å². The van der Waals surface area contributed by atoms with Crippen molar-refractivity contribution >= 4 is 5.91 Å². The van der Waals surface area contributed by atoms with Crippen molar-refractivity contribution in [3.8, 4) is 0 Å². The maximum absolute atomic E-state index is 12.2. The third-order valence-corrected chi connectivity index (χ3v) is 3.85. The molecule has 2 rings (SSSR count). The van der Waals surface area contributed by atoms with Gasteiger partial charge in [-0.15, -0.1) is 0 Å². The van der Waals surface area contributed by atoms with Gasteiger partial charge in [-0.2, -0.15) is 0 Å². The minimum absolute atomic E-state index is 0.0639. The van der Waals surface area contributed by atoms with Crippen molar-refractivity contribution in [2.75, 3.05) is 39.4 Å². The monoisotopic (exact) mass is 306 g/mol. The summed E-state index contributed by atoms with van der Waals surface area (Å²) in [5.74, 6) is 0.0639. The van der Waals surface area contributed by atoms with Crippen LogP contribution in [-0.4, -0.2) is 66.3 Å². The third kappa shape index (κ3) is 5.40. The van der Waals surface area contributed by atoms with Gasteiger partial charge in [-0.3, -0.25) is 9.69 Å². The molecule has 1 aliphatic rings. The van der Waals surface area contributed by atoms with E-state index in [9.17, 15) is 9.90 Å². The molecule has 1 heterocycles. The van der Waals surface area contributed by atoms with Gasteiger partial charge in [0.25, 0.3) is 0 Å². The number of aliphatic hydroxyl groups excluding tert-OH is 1. The molecule has 22 heavy (non-hydrogen) atoms. The van der Waals surface area contributed by atoms with Gasteiger partial charge in [0.05, 0.1) is 19.1 Å². The summed E-state index contributed by atoms with van der Waals surface area (Å²) in [7, 11) is 0. The van der Waals surface area contributed by atoms with Gasteiger partial charge < -0.3 is 14.7 Å². The second-order valence-corrected chi connectivity index (χ2v) is 5.66. The number of amides is 1. The number of carbonyl (C=O) groups excluding carboxylic acids is 1. The zero-order valence-corrected chi connectivity index (χ0v) is 13.3. The summed E-state index contributed by atoms with van der Waals surface area (Å²) in [6.45, 7) is 6.26. The topological polar surface area (TPSA) is 53.0 Å². The van der Waals surface area contributed by atoms with Crippen molar-refractivity contribution in [1.29, 1.82) is 0 Å². The molecule has 0 bridgehead atoms. The van der Waals surface area contributed by atoms with E-state index in [1.165, 1.54) is 5.56 Å². The van der Waals surface area contributed by atoms with E-state index in [-0.39, 0.29) is 5.91 Å². The molecule has 1 aromatic rings. The first kappa shape index (κ1) is 16.9. The molecule has 1 fully saturated rings. The molecule has 0 aliphatic carbocycles. The molecule has 0 unspecified atom stereocenters. The molecule has 1 aromatic carbocycles. The Morgan fingerprint density at radius 1 is 1.27 bits per heavy atom. The van der Waals surface area contributed by atoms with Crippen LogP contribution in [0.3, 0.4) is 0 Å². The van der Waals surface area contributed by atoms with Crippen LogP contribution in [0.15, 0.2) is 30.3 Å². The molecule has 0 saturated carbocycles. The summed E-state index contributed by atoms with van der Waals surface area (Å²) >= 11 is 0. The van der Waals surface area contributed by atoms with Gasteiger partial charge in [-0.25, -0.2) is 0 Å². The van der Waals surface area contributed by atoms with Gasteiger partial charge in [-0.05, 0) is 12.5 Å². The van der Waals surface area contributed by atoms with Gasteiger partial charge in [0, 0.05) is 39.3 Å². The number of hydrogen-bond donors (Lipinski definition) is 1. The highest BCUT2D eigenvalue weighted by atomic mass is 16.5. The highest BCUT2D eigenvalue weighted by Gasteiger charge is 2.24. The molecule has 0 aromatic heterocycles. The average Bonchev–Trinajstić information content (AvgIpc) is 2.70. The summed E-state index contributed by atoms with van der Waals surface area (Å²) in [6, 6.07) is 10.2. The first-order valence-electron chi connectivity index (χ1n) is 7.99. The summed E-state index contributed by atoms with van der Waals surface area (Å²) in [4.78, 5) is 16.1. The second-order valence-electron chi connectivity index (χ2n) is 5.66. The Kier molecular flexibility index (Phi) is 6.83. The van der Waals surface area contributed by atoms with Crippen LogP contribution in [0.1, 0.15) is 18.9 Å². The van der Waals surface area contributed by atoms with Crippen LogP contribution in [0.4, 0.5) is 0 Å². The molecule has 1 atom stereocenters. The Labute approximate surface area is 132 Å². The first-order chi connectivity index (χ1) is 10.7. The van der Waals surface area contributed by atoms with E-state index in [1.807, 2.05) is 25.1 Å². The number of hydrogen-bond acceptors (Lipinski definition) is 4. The lowest BCUT2D eigenvalue weighted by Gasteiger charge is -2.22. The summed E-state index contributed by atoms with van der Waals surface area (Å²) < 4.78 is 5.23. The third-order valence-electron chi connectivity index (χ3n) is 3.85. The minimum atomic E-state index is -0.498. The highest BCUT2D eigenvalue weighted by molar-refractivity contribution is 5.76. The number of β-amino-alcohol motifs (C(OH)–C–C–N with tert-alkyl or cyclic N) is 1. The fraction of sp³-hybridized carbons (Fsp3) is 0.588. The smallest absolute Gasteiger partial charge is 0.225 e. The predicted octanol–water partition coefficient (Wildman–Crippen LogP) is 1.12. The lowest BCUT2D eigenvalue weighted by molar-refractivity contribution is -0.133. The number of ether oxygens (including phenoxy) is 1. The van der Waals surface area contributed by atoms with Crippen LogP contribution in [0.25, 0.3) is 0 Å². The lowest BCUT2D eigenvalue weighted by Crippen LogP contribution is -2.38. The van der Waals surface area contributed by atoms with Crippen LogP contribution in [0.5, 0.6) is 0 Å². The van der Waals surface area contributed by atoms with Crippen molar-refractivity contribution in [3.05, 3.63) is 35.9 Å². The van der Waals surface area contributed by atoms with Crippen LogP contribution in [-0.2, 0) is 16.1 Å². The minimum Gasteiger partial charge on any atom is -0.390 e. The maximum Gasteiger partial charge on any atom is 0.225 e. The van der Waals surface area contributed by atoms with Crippen LogP contribution >= 0.6 is 0 Å². The fourth-order valence-electron chi connectivity index (χ4n) is 2.73. The van der Waals surface area contributed by atoms with Crippen molar-refractivity contribution in [3.63, 3.8) is 0 Å². The van der Waals surface area contributed by atoms with Gasteiger partial charge in [0.1, 0.15) is 0 Å². The number of benzene rings is 1. The number of nitrogens with zero attached hydrogens (tertiary/aromatic N) is 2. The zero-order valence-electron chi connectivity index (χ0n) is 13.3. The van der Waals surface area contributed by atoms with Gasteiger partial charge >= 0.3 is 0 Å². The first-order valence-corrected chi connectivity index (χ1v) is 7.99. The van der Waals surface area contributed by atoms with Crippen molar-refractivity contribution < 1.29 is 14.6 Å². The summed E-state index contributed by atoms with van der Waals surface area (Å²) in [5.41, 5.74) is 1.23. The Balaban J connectivity index is 1.85. The lowest BCUT2D eigenvalue weighted by atomic mass is 10.2. The van der Waals surface area contributed by atoms with Gasteiger partial charge in [0.15, 0.2) is 0 Å². The summed E-state index contributed by atoms with van der Waals surface area (Å²) in [6.07, 6.45) is -0.110. The van der Waals surface area contributed by atoms with E-state index in [4.69, 9.17) is 4.74 Å². The molecule has 1 saturated heterocycles. The number of carbonyl (C=O) groups is 1. The molecule has 0 spiro atoms. The van der Waals surface area contributed by atoms with E-state index >= 15 is 0 Å². The average molecular weight is 306 g/mol. The Morgan fingerprint density at radius 3 is 2.77 bits per heavy atom.